The fourth-order valence-corrected chi connectivity index (χ4v) is 13.7. The number of hydrogen-bond acceptors (Lipinski definition) is 20. The number of hydrogen-bond donors (Lipinski definition) is 6. The molecule has 105 heavy (non-hydrogen) atoms. The molecule has 12 aromatic heterocycles. The minimum atomic E-state index is -0.724. The molecule has 18 aromatic rings. The van der Waals surface area contributed by atoms with Crippen molar-refractivity contribution >= 4 is 120 Å². The molecule has 0 spiro atoms. The molecule has 6 N–H and O–H groups in total. The lowest BCUT2D eigenvalue weighted by molar-refractivity contribution is 0.583. The second-order valence-electron chi connectivity index (χ2n) is 22.0. The summed E-state index contributed by atoms with van der Waals surface area (Å²) in [6, 6.07) is 52.1. The number of aromatic amines is 6. The van der Waals surface area contributed by atoms with Gasteiger partial charge in [-0.1, -0.05) is 83.9 Å². The Morgan fingerprint density at radius 3 is 0.981 bits per heavy atom. The SMILES string of the molecule is N#Cc1cccc(-c2n[nH]c(=O)c3ccoc23)c1.N#Cc1cccc(-c2n[nH]c(=O)c3ccsc23)c1.O=c1[nH]nc(-c2cc(F)cc(F)c2)c2occc12.O=c1[nH]nc(-c2cccc(Cl)c2)c2occc12.O=c1[nH]nc(-c2cccc(Cl)c2)c2sccc12.O=c1[nH]nc(-c2cccc(F)c2)c2sccc12. The Kier molecular flexibility index (Phi) is 20.7. The molecule has 0 fully saturated rings. The molecule has 0 radical (unpaired) electrons. The Labute approximate surface area is 606 Å². The molecule has 0 aliphatic carbocycles. The standard InChI is InChI=1S/C13H7N3O2.C13H7N3OS.C12H7ClN2O2.C12H7ClN2OS.C12H6F2N2O2.C12H7FN2OS/c2*14-7-8-2-1-3-9(6-8)11-12-10(4-5-18-12)13(17)16-15-11;2*13-8-3-1-2-7(6-8)10-11-9(4-5-17-11)12(16)15-14-10;13-7-3-6(4-8(14)5-7)10-11-9(1-2-18-11)12(17)16-15-10;13-8-3-1-2-7(6-8)10-11-9(4-5-17-11)12(16)15-14-10/h2*1-6H,(H,16,17);2*1-6H,(H,15,16);1-5H,(H,16,17);1-6H,(H,15,16). The molecular weight excluding hydrogens is 1450 g/mol. The first-order valence-electron chi connectivity index (χ1n) is 30.5. The molecule has 12 heterocycles. The van der Waals surface area contributed by atoms with Gasteiger partial charge >= 0.3 is 0 Å². The molecule has 6 aromatic carbocycles. The van der Waals surface area contributed by atoms with Crippen molar-refractivity contribution in [1.29, 1.82) is 10.5 Å². The van der Waals surface area contributed by atoms with Gasteiger partial charge in [0.1, 0.15) is 51.6 Å². The summed E-state index contributed by atoms with van der Waals surface area (Å²) in [7, 11) is 0. The van der Waals surface area contributed by atoms with Gasteiger partial charge in [-0.2, -0.15) is 41.1 Å². The van der Waals surface area contributed by atoms with Crippen molar-refractivity contribution in [2.75, 3.05) is 0 Å². The zero-order valence-corrected chi connectivity index (χ0v) is 57.0. The quantitative estimate of drug-likeness (QED) is 0.0900. The second-order valence-corrected chi connectivity index (χ2v) is 25.6. The van der Waals surface area contributed by atoms with E-state index in [4.69, 9.17) is 47.0 Å². The van der Waals surface area contributed by atoms with Crippen molar-refractivity contribution in [1.82, 2.24) is 61.2 Å². The number of nitriles is 2. The molecule has 0 aliphatic rings. The lowest BCUT2D eigenvalue weighted by Gasteiger charge is -2.01. The number of nitrogens with zero attached hydrogens (tertiary/aromatic N) is 8. The normalized spacial score (nSPS) is 10.7. The number of fused-ring (bicyclic) bond motifs is 6. The maximum absolute atomic E-state index is 13.2. The van der Waals surface area contributed by atoms with Crippen LogP contribution in [0.1, 0.15) is 11.1 Å². The lowest BCUT2D eigenvalue weighted by atomic mass is 10.1. The highest BCUT2D eigenvalue weighted by molar-refractivity contribution is 7.18. The van der Waals surface area contributed by atoms with Crippen LogP contribution in [0.2, 0.25) is 10.0 Å². The summed E-state index contributed by atoms with van der Waals surface area (Å²) in [5.41, 5.74) is 8.13. The smallest absolute Gasteiger partial charge is 0.275 e. The minimum absolute atomic E-state index is 0.160. The van der Waals surface area contributed by atoms with Crippen LogP contribution in [-0.2, 0) is 0 Å². The monoisotopic (exact) mass is 1490 g/mol. The van der Waals surface area contributed by atoms with Gasteiger partial charge in [0.05, 0.1) is 88.5 Å². The summed E-state index contributed by atoms with van der Waals surface area (Å²) >= 11 is 16.3. The Morgan fingerprint density at radius 1 is 0.324 bits per heavy atom. The average molecular weight is 1490 g/mol. The maximum atomic E-state index is 13.2. The van der Waals surface area contributed by atoms with E-state index in [0.29, 0.717) is 87.6 Å². The zero-order valence-electron chi connectivity index (χ0n) is 53.1. The van der Waals surface area contributed by atoms with Crippen LogP contribution >= 0.6 is 57.2 Å². The van der Waals surface area contributed by atoms with Crippen molar-refractivity contribution in [2.24, 2.45) is 0 Å². The Bertz CT molecular complexity index is 6310. The van der Waals surface area contributed by atoms with Crippen molar-refractivity contribution < 1.29 is 26.4 Å². The number of aromatic nitrogens is 12. The van der Waals surface area contributed by atoms with Gasteiger partial charge in [0, 0.05) is 49.5 Å². The summed E-state index contributed by atoms with van der Waals surface area (Å²) in [6.45, 7) is 0. The first-order valence-corrected chi connectivity index (χ1v) is 33.9. The minimum Gasteiger partial charge on any atom is -0.462 e. The predicted octanol–water partition coefficient (Wildman–Crippen LogP) is 16.0. The molecule has 0 aliphatic heterocycles. The molecule has 0 bridgehead atoms. The fraction of sp³-hybridized carbons (Fsp3) is 0. The topological polar surface area (TPSA) is 361 Å². The van der Waals surface area contributed by atoms with E-state index in [1.807, 2.05) is 64.7 Å². The largest absolute Gasteiger partial charge is 0.462 e. The number of rotatable bonds is 6. The van der Waals surface area contributed by atoms with Crippen LogP contribution in [0.4, 0.5) is 13.2 Å². The molecule has 18 rings (SSSR count). The third kappa shape index (κ3) is 15.4. The molecule has 31 heteroatoms. The Morgan fingerprint density at radius 2 is 0.619 bits per heavy atom. The van der Waals surface area contributed by atoms with Crippen LogP contribution in [0, 0.1) is 40.1 Å². The Hall–Kier alpha value is -13.6. The summed E-state index contributed by atoms with van der Waals surface area (Å²) in [6.07, 6.45) is 4.23. The molecule has 514 valence electrons. The summed E-state index contributed by atoms with van der Waals surface area (Å²) in [5.74, 6) is -1.77. The molecule has 0 unspecified atom stereocenters. The van der Waals surface area contributed by atoms with Crippen LogP contribution in [-0.4, -0.2) is 61.2 Å². The molecule has 23 nitrogen and oxygen atoms in total. The van der Waals surface area contributed by atoms with Crippen molar-refractivity contribution in [3.8, 4) is 79.7 Å². The highest BCUT2D eigenvalue weighted by Gasteiger charge is 2.18. The van der Waals surface area contributed by atoms with Gasteiger partial charge in [0.25, 0.3) is 33.4 Å². The van der Waals surface area contributed by atoms with Crippen molar-refractivity contribution in [3.63, 3.8) is 0 Å². The lowest BCUT2D eigenvalue weighted by Crippen LogP contribution is -2.08. The van der Waals surface area contributed by atoms with Crippen LogP contribution in [0.3, 0.4) is 0 Å². The van der Waals surface area contributed by atoms with Gasteiger partial charge in [-0.25, -0.2) is 43.8 Å². The average Bonchev–Trinajstić information content (AvgIpc) is 1.80. The zero-order chi connectivity index (χ0) is 73.3. The van der Waals surface area contributed by atoms with E-state index < -0.39 is 17.2 Å². The fourth-order valence-electron chi connectivity index (χ4n) is 10.6. The molecular formula is C74H41Cl2F3N14O9S3. The molecule has 0 saturated carbocycles. The number of nitrogens with one attached hydrogen (secondary N) is 6. The maximum Gasteiger partial charge on any atom is 0.275 e. The predicted molar refractivity (Wildman–Crippen MR) is 397 cm³/mol. The van der Waals surface area contributed by atoms with E-state index >= 15 is 0 Å². The highest BCUT2D eigenvalue weighted by Crippen LogP contribution is 2.34. The molecule has 0 amide bonds. The third-order valence-electron chi connectivity index (χ3n) is 15.3. The van der Waals surface area contributed by atoms with E-state index in [2.05, 4.69) is 73.3 Å². The first-order chi connectivity index (χ1) is 51.0. The summed E-state index contributed by atoms with van der Waals surface area (Å²) in [4.78, 5) is 69.1. The van der Waals surface area contributed by atoms with Crippen LogP contribution in [0.15, 0.2) is 253 Å². The van der Waals surface area contributed by atoms with Crippen LogP contribution < -0.4 is 33.4 Å². The van der Waals surface area contributed by atoms with Crippen molar-refractivity contribution in [3.05, 3.63) is 312 Å². The van der Waals surface area contributed by atoms with Gasteiger partial charge in [0.15, 0.2) is 16.7 Å². The Balaban J connectivity index is 0.000000112. The summed E-state index contributed by atoms with van der Waals surface area (Å²) in [5, 5.41) is 66.2. The van der Waals surface area contributed by atoms with E-state index in [1.165, 1.54) is 71.0 Å². The number of thiophene rings is 3. The van der Waals surface area contributed by atoms with Crippen LogP contribution in [0.5, 0.6) is 0 Å². The van der Waals surface area contributed by atoms with Crippen molar-refractivity contribution in [2.45, 2.75) is 0 Å². The van der Waals surface area contributed by atoms with E-state index in [9.17, 15) is 41.9 Å². The van der Waals surface area contributed by atoms with E-state index in [-0.39, 0.29) is 55.8 Å². The van der Waals surface area contributed by atoms with Gasteiger partial charge in [0.2, 0.25) is 0 Å². The van der Waals surface area contributed by atoms with E-state index in [0.717, 1.165) is 60.2 Å². The third-order valence-corrected chi connectivity index (χ3v) is 18.6. The van der Waals surface area contributed by atoms with Gasteiger partial charge in [-0.05, 0) is 125 Å². The van der Waals surface area contributed by atoms with Gasteiger partial charge < -0.3 is 13.3 Å². The molecule has 0 saturated heterocycles. The number of benzene rings is 6. The van der Waals surface area contributed by atoms with Gasteiger partial charge in [-0.3, -0.25) is 28.8 Å². The number of H-pyrrole nitrogens is 6. The highest BCUT2D eigenvalue weighted by atomic mass is 35.5. The summed E-state index contributed by atoms with van der Waals surface area (Å²) < 4.78 is 57.7. The van der Waals surface area contributed by atoms with Gasteiger partial charge in [-0.15, -0.1) is 34.0 Å². The number of furan rings is 3. The van der Waals surface area contributed by atoms with Crippen LogP contribution in [0.25, 0.3) is 131 Å². The number of halogens is 5. The molecule has 0 atom stereocenters. The first kappa shape index (κ1) is 69.9. The van der Waals surface area contributed by atoms with E-state index in [1.54, 1.807) is 91.0 Å². The second kappa shape index (κ2) is 31.1.